The summed E-state index contributed by atoms with van der Waals surface area (Å²) >= 11 is 4.90. The molecule has 0 spiro atoms. The zero-order chi connectivity index (χ0) is 11.4. The summed E-state index contributed by atoms with van der Waals surface area (Å²) in [4.78, 5) is 0.201. The topological polar surface area (TPSA) is 72.2 Å². The molecule has 1 aromatic rings. The second-order valence-electron chi connectivity index (χ2n) is 2.93. The van der Waals surface area contributed by atoms with E-state index in [-0.39, 0.29) is 4.99 Å². The molecule has 0 saturated carbocycles. The van der Waals surface area contributed by atoms with Crippen LogP contribution >= 0.6 is 12.2 Å². The highest BCUT2D eigenvalue weighted by Crippen LogP contribution is 2.20. The second-order valence-corrected chi connectivity index (χ2v) is 4.10. The molecule has 0 aliphatic carbocycles. The maximum atomic E-state index is 10.6. The molecule has 15 heavy (non-hydrogen) atoms. The number of thiocarbonyl (C=S) groups is 1. The normalized spacial score (nSPS) is 10.3. The lowest BCUT2D eigenvalue weighted by Crippen LogP contribution is -2.15. The van der Waals surface area contributed by atoms with Crippen molar-refractivity contribution in [1.82, 2.24) is 0 Å². The summed E-state index contributed by atoms with van der Waals surface area (Å²) in [6, 6.07) is 5.28. The molecule has 1 aromatic carbocycles. The minimum Gasteiger partial charge on any atom is -0.389 e. The zero-order valence-electron chi connectivity index (χ0n) is 8.19. The Morgan fingerprint density at radius 3 is 2.67 bits per heavy atom. The van der Waals surface area contributed by atoms with Gasteiger partial charge in [-0.2, -0.15) is 0 Å². The van der Waals surface area contributed by atoms with E-state index in [0.29, 0.717) is 11.3 Å². The van der Waals surface area contributed by atoms with E-state index in [1.54, 1.807) is 12.1 Å². The smallest absolute Gasteiger partial charge is 0.222 e. The number of nitrogens with one attached hydrogen (secondary N) is 1. The van der Waals surface area contributed by atoms with Crippen molar-refractivity contribution in [2.75, 3.05) is 4.72 Å². The Bertz CT molecular complexity index is 447. The monoisotopic (exact) mass is 244 g/mol. The molecule has 0 aliphatic heterocycles. The fourth-order valence-electron chi connectivity index (χ4n) is 1.38. The van der Waals surface area contributed by atoms with Crippen LogP contribution in [0.15, 0.2) is 18.2 Å². The molecule has 6 heteroatoms. The summed E-state index contributed by atoms with van der Waals surface area (Å²) in [6.45, 7) is 1.96. The van der Waals surface area contributed by atoms with Crippen LogP contribution in [0.2, 0.25) is 0 Å². The van der Waals surface area contributed by atoms with Crippen molar-refractivity contribution < 1.29 is 8.42 Å². The number of nitrogens with two attached hydrogens (primary N) is 1. The Kier molecular flexibility index (Phi) is 4.05. The number of benzene rings is 1. The van der Waals surface area contributed by atoms with Crippen LogP contribution in [0, 0.1) is 0 Å². The number of thiol groups is 1. The van der Waals surface area contributed by atoms with Gasteiger partial charge in [0.15, 0.2) is 0 Å². The number of rotatable bonds is 4. The fourth-order valence-corrected chi connectivity index (χ4v) is 2.00. The standard InChI is InChI=1S/C9H12N2O2S2/c1-2-6-4-3-5-7(11-15(12)13)8(6)9(10)14/h3-5,15H,2H2,1H3,(H2,10,14)(H,11,12,13). The number of aryl methyl sites for hydroxylation is 1. The Morgan fingerprint density at radius 2 is 2.20 bits per heavy atom. The fraction of sp³-hybridized carbons (Fsp3) is 0.222. The molecule has 4 nitrogen and oxygen atoms in total. The van der Waals surface area contributed by atoms with E-state index in [1.165, 1.54) is 0 Å². The second kappa shape index (κ2) is 5.09. The Morgan fingerprint density at radius 1 is 1.53 bits per heavy atom. The molecular formula is C9H12N2O2S2. The van der Waals surface area contributed by atoms with Gasteiger partial charge < -0.3 is 5.73 Å². The first-order valence-electron chi connectivity index (χ1n) is 4.39. The molecule has 0 fully saturated rings. The van der Waals surface area contributed by atoms with Gasteiger partial charge in [-0.1, -0.05) is 31.3 Å². The summed E-state index contributed by atoms with van der Waals surface area (Å²) in [6.07, 6.45) is 0.748. The molecule has 3 N–H and O–H groups in total. The molecule has 0 saturated heterocycles. The molecule has 0 bridgehead atoms. The third kappa shape index (κ3) is 2.90. The highest BCUT2D eigenvalue weighted by Gasteiger charge is 2.09. The van der Waals surface area contributed by atoms with Crippen LogP contribution in [0.25, 0.3) is 0 Å². The highest BCUT2D eigenvalue weighted by molar-refractivity contribution is 7.80. The van der Waals surface area contributed by atoms with Crippen LogP contribution in [0.3, 0.4) is 0 Å². The first-order valence-corrected chi connectivity index (χ1v) is 5.97. The molecule has 0 radical (unpaired) electrons. The van der Waals surface area contributed by atoms with Crippen molar-refractivity contribution in [3.8, 4) is 0 Å². The van der Waals surface area contributed by atoms with Gasteiger partial charge in [-0.25, -0.2) is 8.42 Å². The van der Waals surface area contributed by atoms with Crippen LogP contribution in [0.1, 0.15) is 18.1 Å². The molecule has 1 rings (SSSR count). The van der Waals surface area contributed by atoms with Gasteiger partial charge in [0.2, 0.25) is 10.9 Å². The minimum absolute atomic E-state index is 0.201. The van der Waals surface area contributed by atoms with Crippen LogP contribution < -0.4 is 10.5 Å². The van der Waals surface area contributed by atoms with Crippen LogP contribution in [-0.2, 0) is 17.3 Å². The Balaban J connectivity index is 3.31. The number of hydrogen-bond acceptors (Lipinski definition) is 3. The zero-order valence-corrected chi connectivity index (χ0v) is 9.90. The van der Waals surface area contributed by atoms with Crippen LogP contribution in [0.5, 0.6) is 0 Å². The number of hydrogen-bond donors (Lipinski definition) is 3. The SMILES string of the molecule is CCc1cccc(N[SH](=O)=O)c1C(N)=S. The lowest BCUT2D eigenvalue weighted by Gasteiger charge is -2.11. The summed E-state index contributed by atoms with van der Waals surface area (Å²) < 4.78 is 23.5. The van der Waals surface area contributed by atoms with Crippen LogP contribution in [-0.4, -0.2) is 13.4 Å². The maximum absolute atomic E-state index is 10.6. The summed E-state index contributed by atoms with van der Waals surface area (Å²) in [7, 11) is -2.70. The van der Waals surface area contributed by atoms with Gasteiger partial charge in [0.25, 0.3) is 0 Å². The maximum Gasteiger partial charge on any atom is 0.222 e. The highest BCUT2D eigenvalue weighted by atomic mass is 32.2. The van der Waals surface area contributed by atoms with Gasteiger partial charge >= 0.3 is 0 Å². The summed E-state index contributed by atoms with van der Waals surface area (Å²) in [5.74, 6) is 0. The van der Waals surface area contributed by atoms with E-state index >= 15 is 0 Å². The van der Waals surface area contributed by atoms with Gasteiger partial charge in [0, 0.05) is 5.56 Å². The van der Waals surface area contributed by atoms with Gasteiger partial charge in [0.1, 0.15) is 4.99 Å². The van der Waals surface area contributed by atoms with Crippen molar-refractivity contribution in [3.05, 3.63) is 29.3 Å². The molecule has 0 atom stereocenters. The molecule has 0 amide bonds. The van der Waals surface area contributed by atoms with E-state index in [4.69, 9.17) is 18.0 Å². The minimum atomic E-state index is -2.70. The third-order valence-electron chi connectivity index (χ3n) is 1.99. The quantitative estimate of drug-likeness (QED) is 0.541. The van der Waals surface area contributed by atoms with E-state index in [2.05, 4.69) is 4.72 Å². The predicted molar refractivity (Wildman–Crippen MR) is 65.6 cm³/mol. The van der Waals surface area contributed by atoms with Crippen molar-refractivity contribution in [3.63, 3.8) is 0 Å². The Labute approximate surface area is 95.6 Å². The molecule has 0 aromatic heterocycles. The van der Waals surface area contributed by atoms with Crippen molar-refractivity contribution in [2.24, 2.45) is 5.73 Å². The van der Waals surface area contributed by atoms with Gasteiger partial charge in [-0.05, 0) is 18.1 Å². The summed E-state index contributed by atoms with van der Waals surface area (Å²) in [5.41, 5.74) is 7.54. The molecular weight excluding hydrogens is 232 g/mol. The van der Waals surface area contributed by atoms with Crippen molar-refractivity contribution >= 4 is 33.8 Å². The average molecular weight is 244 g/mol. The molecule has 0 unspecified atom stereocenters. The van der Waals surface area contributed by atoms with Crippen molar-refractivity contribution in [1.29, 1.82) is 0 Å². The predicted octanol–water partition coefficient (Wildman–Crippen LogP) is 0.822. The largest absolute Gasteiger partial charge is 0.389 e. The van der Waals surface area contributed by atoms with Gasteiger partial charge in [-0.3, -0.25) is 4.72 Å². The van der Waals surface area contributed by atoms with Gasteiger partial charge in [0.05, 0.1) is 5.69 Å². The third-order valence-corrected chi connectivity index (χ3v) is 2.62. The average Bonchev–Trinajstić information content (AvgIpc) is 2.15. The van der Waals surface area contributed by atoms with E-state index in [1.807, 2.05) is 13.0 Å². The van der Waals surface area contributed by atoms with E-state index in [0.717, 1.165) is 12.0 Å². The van der Waals surface area contributed by atoms with Gasteiger partial charge in [-0.15, -0.1) is 0 Å². The first kappa shape index (κ1) is 11.9. The van der Waals surface area contributed by atoms with Crippen LogP contribution in [0.4, 0.5) is 5.69 Å². The first-order chi connectivity index (χ1) is 7.06. The van der Waals surface area contributed by atoms with E-state index < -0.39 is 10.9 Å². The van der Waals surface area contributed by atoms with Crippen molar-refractivity contribution in [2.45, 2.75) is 13.3 Å². The molecule has 0 heterocycles. The summed E-state index contributed by atoms with van der Waals surface area (Å²) in [5, 5.41) is 0. The molecule has 0 aliphatic rings. The Hall–Kier alpha value is -1.14. The van der Waals surface area contributed by atoms with E-state index in [9.17, 15) is 8.42 Å². The lowest BCUT2D eigenvalue weighted by atomic mass is 10.0. The molecule has 82 valence electrons. The lowest BCUT2D eigenvalue weighted by molar-refractivity contribution is 0.619. The number of anilines is 1.